The molecule has 4 heterocycles. The highest BCUT2D eigenvalue weighted by atomic mass is 16.8. The van der Waals surface area contributed by atoms with E-state index in [0.717, 1.165) is 23.1 Å². The van der Waals surface area contributed by atoms with Crippen LogP contribution in [-0.2, 0) is 47.6 Å². The molecule has 13 atom stereocenters. The van der Waals surface area contributed by atoms with Gasteiger partial charge in [-0.3, -0.25) is 9.59 Å². The zero-order valence-electron chi connectivity index (χ0n) is 36.2. The van der Waals surface area contributed by atoms with Crippen LogP contribution in [0, 0.1) is 29.6 Å². The van der Waals surface area contributed by atoms with Gasteiger partial charge in [0.1, 0.15) is 24.4 Å². The fraction of sp³-hybridized carbons (Fsp3) is 0.778. The highest BCUT2D eigenvalue weighted by molar-refractivity contribution is 6.39. The third kappa shape index (κ3) is 9.98. The molecule has 13 heteroatoms. The number of allylic oxidation sites excluding steroid dienone is 3. The fourth-order valence-corrected chi connectivity index (χ4v) is 10.1. The maximum Gasteiger partial charge on any atom is 0.331 e. The number of aliphatic hydroxyl groups is 2. The first kappa shape index (κ1) is 46.1. The largest absolute Gasteiger partial charge is 0.458 e. The van der Waals surface area contributed by atoms with E-state index in [-0.39, 0.29) is 36.8 Å². The number of nitrogens with zero attached hydrogens (tertiary/aromatic N) is 1. The Morgan fingerprint density at radius 1 is 0.983 bits per heavy atom. The Morgan fingerprint density at radius 2 is 1.72 bits per heavy atom. The number of ketones is 1. The van der Waals surface area contributed by atoms with E-state index >= 15 is 0 Å². The standard InChI is InChI=1S/C45H69NO12/c1-10-32-20-26(2)19-27(3)21-38(54-8)44(55-9)17-16-29(5)45(52,58-44)41(49)42(50)46-18-12-11-13-34(46)43(51)57-40(30(6)36-24-33(32)25-39(48)56-36)28(4)22-31-14-15-35(47)37(23-31)53-7/h20,22,25,27,29-32,34-38,40,47,52H,10-19,21,23-24H2,1-9H3/b26-20+,28-22+/t27-,29+,30+,31-,32+,34-,35+,36-,37+,38?,40+,44+,45+/m0/s1. The summed E-state index contributed by atoms with van der Waals surface area (Å²) >= 11 is 0. The topological polar surface area (TPSA) is 167 Å². The van der Waals surface area contributed by atoms with Crippen LogP contribution in [0.5, 0.6) is 0 Å². The van der Waals surface area contributed by atoms with Crippen LogP contribution in [0.4, 0.5) is 0 Å². The lowest BCUT2D eigenvalue weighted by molar-refractivity contribution is -0.388. The number of hydrogen-bond donors (Lipinski definition) is 2. The number of aliphatic hydroxyl groups excluding tert-OH is 1. The molecule has 1 amide bonds. The molecular formula is C45H69NO12. The molecule has 0 aromatic rings. The zero-order chi connectivity index (χ0) is 42.5. The molecule has 0 aromatic heterocycles. The average Bonchev–Trinajstić information content (AvgIpc) is 3.21. The van der Waals surface area contributed by atoms with Crippen molar-refractivity contribution >= 4 is 23.6 Å². The van der Waals surface area contributed by atoms with Crippen LogP contribution in [-0.4, -0.2) is 115 Å². The van der Waals surface area contributed by atoms with Crippen LogP contribution in [0.15, 0.2) is 34.9 Å². The van der Waals surface area contributed by atoms with E-state index < -0.39 is 77.5 Å². The number of esters is 2. The maximum absolute atomic E-state index is 14.5. The second-order valence-electron chi connectivity index (χ2n) is 17.8. The Kier molecular flexibility index (Phi) is 15.6. The van der Waals surface area contributed by atoms with Crippen LogP contribution in [0.25, 0.3) is 0 Å². The third-order valence-corrected chi connectivity index (χ3v) is 13.6. The van der Waals surface area contributed by atoms with E-state index in [1.165, 1.54) is 12.0 Å². The van der Waals surface area contributed by atoms with Gasteiger partial charge < -0.3 is 43.5 Å². The van der Waals surface area contributed by atoms with Gasteiger partial charge >= 0.3 is 11.9 Å². The molecule has 0 spiro atoms. The molecule has 0 aromatic carbocycles. The van der Waals surface area contributed by atoms with E-state index in [0.29, 0.717) is 64.2 Å². The van der Waals surface area contributed by atoms with E-state index in [2.05, 4.69) is 32.9 Å². The second kappa shape index (κ2) is 19.6. The lowest BCUT2D eigenvalue weighted by Gasteiger charge is -2.50. The Hall–Kier alpha value is -2.94. The third-order valence-electron chi connectivity index (χ3n) is 13.6. The van der Waals surface area contributed by atoms with E-state index in [1.807, 2.05) is 13.8 Å². The van der Waals surface area contributed by atoms with Gasteiger partial charge in [0, 0.05) is 58.6 Å². The number of carbonyl (C=O) groups excluding carboxylic acids is 4. The van der Waals surface area contributed by atoms with E-state index in [9.17, 15) is 29.4 Å². The van der Waals surface area contributed by atoms with Crippen LogP contribution < -0.4 is 0 Å². The summed E-state index contributed by atoms with van der Waals surface area (Å²) in [6, 6.07) is -1.10. The molecule has 3 fully saturated rings. The summed E-state index contributed by atoms with van der Waals surface area (Å²) in [6.07, 6.45) is 9.12. The quantitative estimate of drug-likeness (QED) is 0.190. The Labute approximate surface area is 344 Å². The molecule has 58 heavy (non-hydrogen) atoms. The maximum atomic E-state index is 14.5. The van der Waals surface area contributed by atoms with E-state index in [4.69, 9.17) is 28.4 Å². The summed E-state index contributed by atoms with van der Waals surface area (Å²) in [5.74, 6) is -8.58. The number of hydrogen-bond acceptors (Lipinski definition) is 12. The predicted molar refractivity (Wildman–Crippen MR) is 215 cm³/mol. The molecule has 0 radical (unpaired) electrons. The average molecular weight is 816 g/mol. The van der Waals surface area contributed by atoms with Crippen LogP contribution in [0.1, 0.15) is 119 Å². The van der Waals surface area contributed by atoms with Crippen molar-refractivity contribution in [1.29, 1.82) is 0 Å². The van der Waals surface area contributed by atoms with Gasteiger partial charge in [-0.1, -0.05) is 51.0 Å². The van der Waals surface area contributed by atoms with Gasteiger partial charge in [-0.15, -0.1) is 0 Å². The first-order chi connectivity index (χ1) is 27.5. The van der Waals surface area contributed by atoms with E-state index in [1.54, 1.807) is 27.2 Å². The molecule has 326 valence electrons. The molecule has 1 saturated carbocycles. The number of amides is 1. The summed E-state index contributed by atoms with van der Waals surface area (Å²) < 4.78 is 36.3. The van der Waals surface area contributed by atoms with Crippen molar-refractivity contribution in [3.63, 3.8) is 0 Å². The molecule has 4 bridgehead atoms. The molecule has 1 unspecified atom stereocenters. The van der Waals surface area contributed by atoms with Crippen LogP contribution in [0.2, 0.25) is 0 Å². The predicted octanol–water partition coefficient (Wildman–Crippen LogP) is 5.74. The van der Waals surface area contributed by atoms with Gasteiger partial charge in [-0.25, -0.2) is 9.59 Å². The smallest absolute Gasteiger partial charge is 0.331 e. The fourth-order valence-electron chi connectivity index (χ4n) is 10.1. The lowest BCUT2D eigenvalue weighted by Crippen LogP contribution is -2.66. The van der Waals surface area contributed by atoms with Gasteiger partial charge in [0.05, 0.1) is 12.2 Å². The molecule has 2 saturated heterocycles. The zero-order valence-corrected chi connectivity index (χ0v) is 36.2. The van der Waals surface area contributed by atoms with Gasteiger partial charge in [-0.05, 0) is 101 Å². The van der Waals surface area contributed by atoms with Gasteiger partial charge in [0.25, 0.3) is 11.7 Å². The molecule has 1 aliphatic carbocycles. The first-order valence-electron chi connectivity index (χ1n) is 21.5. The SMILES string of the molecule is CC[C@@H]1/C=C(\C)C[C@H](C)CC(OC)[C@@]2(OC)CC[C@@H](C)[C@@](O)(O2)C(=O)C(=O)N2CCCC[C@H]2C(=O)O[C@H](/C(C)=C/[C@@H]2CC[C@@H](O)[C@H](OC)C2)[C@H](C)[C@@H]2CC1=CC(=O)O2. The number of carbonyl (C=O) groups is 4. The summed E-state index contributed by atoms with van der Waals surface area (Å²) in [5, 5.41) is 22.6. The highest BCUT2D eigenvalue weighted by Crippen LogP contribution is 2.44. The molecule has 4 aliphatic heterocycles. The lowest BCUT2D eigenvalue weighted by atomic mass is 9.80. The van der Waals surface area contributed by atoms with Crippen LogP contribution >= 0.6 is 0 Å². The number of Topliss-reactive ketones (excluding diaryl/α,β-unsaturated/α-hetero) is 1. The molecule has 13 nitrogen and oxygen atoms in total. The number of piperidine rings is 1. The van der Waals surface area contributed by atoms with Crippen molar-refractivity contribution in [2.24, 2.45) is 29.6 Å². The number of methoxy groups -OCH3 is 3. The Morgan fingerprint density at radius 3 is 2.40 bits per heavy atom. The van der Waals surface area contributed by atoms with Crippen LogP contribution in [0.3, 0.4) is 0 Å². The summed E-state index contributed by atoms with van der Waals surface area (Å²) in [6.45, 7) is 11.8. The molecule has 5 rings (SSSR count). The minimum Gasteiger partial charge on any atom is -0.458 e. The van der Waals surface area contributed by atoms with Crippen molar-refractivity contribution in [2.75, 3.05) is 27.9 Å². The van der Waals surface area contributed by atoms with Crippen molar-refractivity contribution in [3.05, 3.63) is 34.9 Å². The number of ether oxygens (including phenoxy) is 6. The summed E-state index contributed by atoms with van der Waals surface area (Å²) in [4.78, 5) is 57.7. The van der Waals surface area contributed by atoms with Gasteiger partial charge in [0.15, 0.2) is 5.79 Å². The molecule has 2 N–H and O–H groups in total. The van der Waals surface area contributed by atoms with Crippen molar-refractivity contribution in [3.8, 4) is 0 Å². The van der Waals surface area contributed by atoms with Crippen molar-refractivity contribution < 1.29 is 57.8 Å². The number of fused-ring (bicyclic) bond motifs is 5. The number of rotatable bonds is 6. The summed E-state index contributed by atoms with van der Waals surface area (Å²) in [7, 11) is 4.58. The normalized spacial score (nSPS) is 41.3. The minimum atomic E-state index is -2.54. The Balaban J connectivity index is 1.58. The van der Waals surface area contributed by atoms with Gasteiger partial charge in [0.2, 0.25) is 5.79 Å². The van der Waals surface area contributed by atoms with Crippen molar-refractivity contribution in [2.45, 2.75) is 167 Å². The Bertz CT molecular complexity index is 1590. The monoisotopic (exact) mass is 815 g/mol. The van der Waals surface area contributed by atoms with Crippen molar-refractivity contribution in [1.82, 2.24) is 4.90 Å². The first-order valence-corrected chi connectivity index (χ1v) is 21.5. The number of cyclic esters (lactones) is 1. The summed E-state index contributed by atoms with van der Waals surface area (Å²) in [5.41, 5.74) is 2.83. The second-order valence-corrected chi connectivity index (χ2v) is 17.8. The highest BCUT2D eigenvalue weighted by Gasteiger charge is 2.59. The van der Waals surface area contributed by atoms with Gasteiger partial charge in [-0.2, -0.15) is 0 Å². The molecular weight excluding hydrogens is 746 g/mol. The minimum absolute atomic E-state index is 0.0318. The molecule has 5 aliphatic rings.